The minimum atomic E-state index is -0.525. The van der Waals surface area contributed by atoms with Gasteiger partial charge in [0.2, 0.25) is 5.91 Å². The van der Waals surface area contributed by atoms with Gasteiger partial charge in [0.1, 0.15) is 0 Å². The van der Waals surface area contributed by atoms with Gasteiger partial charge in [-0.3, -0.25) is 9.59 Å². The summed E-state index contributed by atoms with van der Waals surface area (Å²) in [5.41, 5.74) is 0.345. The van der Waals surface area contributed by atoms with E-state index in [-0.39, 0.29) is 17.6 Å². The summed E-state index contributed by atoms with van der Waals surface area (Å²) in [4.78, 5) is 28.6. The van der Waals surface area contributed by atoms with Crippen LogP contribution in [0.2, 0.25) is 0 Å². The average Bonchev–Trinajstić information content (AvgIpc) is 3.20. The second-order valence-electron chi connectivity index (χ2n) is 7.24. The molecule has 5 nitrogen and oxygen atoms in total. The molecule has 142 valence electrons. The van der Waals surface area contributed by atoms with Crippen LogP contribution in [0.5, 0.6) is 5.75 Å². The highest BCUT2D eigenvalue weighted by atomic mass is 19.1. The maximum Gasteiger partial charge on any atom is 0.253 e. The Morgan fingerprint density at radius 2 is 1.88 bits per heavy atom. The van der Waals surface area contributed by atoms with Gasteiger partial charge in [0, 0.05) is 38.2 Å². The lowest BCUT2D eigenvalue weighted by Crippen LogP contribution is -2.40. The molecule has 0 saturated carbocycles. The zero-order chi connectivity index (χ0) is 18.5. The first-order valence-corrected chi connectivity index (χ1v) is 9.49. The van der Waals surface area contributed by atoms with Crippen molar-refractivity contribution in [3.8, 4) is 5.75 Å². The second kappa shape index (κ2) is 8.52. The van der Waals surface area contributed by atoms with Crippen molar-refractivity contribution in [3.63, 3.8) is 0 Å². The maximum atomic E-state index is 13.9. The fourth-order valence-corrected chi connectivity index (χ4v) is 3.92. The van der Waals surface area contributed by atoms with Gasteiger partial charge in [0.15, 0.2) is 11.6 Å². The predicted octanol–water partition coefficient (Wildman–Crippen LogP) is 3.09. The van der Waals surface area contributed by atoms with Crippen LogP contribution in [0.25, 0.3) is 0 Å². The van der Waals surface area contributed by atoms with Crippen molar-refractivity contribution in [1.29, 1.82) is 0 Å². The minimum absolute atomic E-state index is 0.137. The SMILES string of the molecule is COc1ccc(C(=O)N2CCCC(CCC(=O)N3CCCC3)C2)cc1F. The van der Waals surface area contributed by atoms with Crippen LogP contribution in [-0.2, 0) is 4.79 Å². The number of carbonyl (C=O) groups is 2. The molecule has 6 heteroatoms. The van der Waals surface area contributed by atoms with Gasteiger partial charge >= 0.3 is 0 Å². The van der Waals surface area contributed by atoms with E-state index in [0.717, 1.165) is 45.2 Å². The van der Waals surface area contributed by atoms with E-state index < -0.39 is 5.82 Å². The summed E-state index contributed by atoms with van der Waals surface area (Å²) in [6.45, 7) is 3.09. The first-order valence-electron chi connectivity index (χ1n) is 9.49. The summed E-state index contributed by atoms with van der Waals surface area (Å²) in [5.74, 6) is 0.0364. The van der Waals surface area contributed by atoms with E-state index in [9.17, 15) is 14.0 Å². The number of halogens is 1. The van der Waals surface area contributed by atoms with Crippen molar-refractivity contribution >= 4 is 11.8 Å². The van der Waals surface area contributed by atoms with Crippen LogP contribution in [0.15, 0.2) is 18.2 Å². The van der Waals surface area contributed by atoms with Crippen molar-refractivity contribution < 1.29 is 18.7 Å². The van der Waals surface area contributed by atoms with Gasteiger partial charge < -0.3 is 14.5 Å². The lowest BCUT2D eigenvalue weighted by molar-refractivity contribution is -0.130. The van der Waals surface area contributed by atoms with Crippen molar-refractivity contribution in [2.75, 3.05) is 33.3 Å². The number of carbonyl (C=O) groups excluding carboxylic acids is 2. The molecule has 2 aliphatic heterocycles. The van der Waals surface area contributed by atoms with Crippen molar-refractivity contribution in [1.82, 2.24) is 9.80 Å². The molecule has 2 saturated heterocycles. The van der Waals surface area contributed by atoms with Gasteiger partial charge in [-0.1, -0.05) is 0 Å². The third kappa shape index (κ3) is 4.34. The minimum Gasteiger partial charge on any atom is -0.494 e. The molecule has 0 N–H and O–H groups in total. The molecule has 1 aromatic carbocycles. The number of methoxy groups -OCH3 is 1. The molecule has 0 radical (unpaired) electrons. The van der Waals surface area contributed by atoms with Crippen LogP contribution in [-0.4, -0.2) is 54.9 Å². The van der Waals surface area contributed by atoms with E-state index in [1.54, 1.807) is 11.0 Å². The van der Waals surface area contributed by atoms with E-state index in [4.69, 9.17) is 4.74 Å². The Hall–Kier alpha value is -2.11. The summed E-state index contributed by atoms with van der Waals surface area (Å²) in [6, 6.07) is 4.32. The van der Waals surface area contributed by atoms with Gasteiger partial charge in [-0.05, 0) is 56.2 Å². The van der Waals surface area contributed by atoms with E-state index in [0.29, 0.717) is 31.0 Å². The Balaban J connectivity index is 1.54. The van der Waals surface area contributed by atoms with Crippen LogP contribution in [0.4, 0.5) is 4.39 Å². The lowest BCUT2D eigenvalue weighted by Gasteiger charge is -2.33. The van der Waals surface area contributed by atoms with E-state index in [2.05, 4.69) is 0 Å². The Kier molecular flexibility index (Phi) is 6.12. The summed E-state index contributed by atoms with van der Waals surface area (Å²) in [5, 5.41) is 0. The number of likely N-dealkylation sites (tertiary alicyclic amines) is 2. The number of hydrogen-bond donors (Lipinski definition) is 0. The second-order valence-corrected chi connectivity index (χ2v) is 7.24. The highest BCUT2D eigenvalue weighted by Gasteiger charge is 2.26. The highest BCUT2D eigenvalue weighted by Crippen LogP contribution is 2.25. The zero-order valence-corrected chi connectivity index (χ0v) is 15.4. The van der Waals surface area contributed by atoms with Crippen LogP contribution >= 0.6 is 0 Å². The molecule has 1 atom stereocenters. The predicted molar refractivity (Wildman–Crippen MR) is 96.6 cm³/mol. The van der Waals surface area contributed by atoms with Crippen molar-refractivity contribution in [2.24, 2.45) is 5.92 Å². The number of piperidine rings is 1. The molecule has 0 aromatic heterocycles. The van der Waals surface area contributed by atoms with Crippen LogP contribution in [0.1, 0.15) is 48.9 Å². The molecule has 1 unspecified atom stereocenters. The number of rotatable bonds is 5. The van der Waals surface area contributed by atoms with Gasteiger partial charge in [0.05, 0.1) is 7.11 Å². The molecular formula is C20H27FN2O3. The Labute approximate surface area is 154 Å². The molecule has 0 spiro atoms. The van der Waals surface area contributed by atoms with Gasteiger partial charge in [-0.2, -0.15) is 0 Å². The topological polar surface area (TPSA) is 49.9 Å². The van der Waals surface area contributed by atoms with E-state index in [1.807, 2.05) is 4.90 Å². The molecule has 0 bridgehead atoms. The largest absolute Gasteiger partial charge is 0.494 e. The Morgan fingerprint density at radius 3 is 2.58 bits per heavy atom. The molecule has 2 heterocycles. The first-order chi connectivity index (χ1) is 12.6. The number of nitrogens with zero attached hydrogens (tertiary/aromatic N) is 2. The molecule has 2 aliphatic rings. The molecular weight excluding hydrogens is 335 g/mol. The molecule has 26 heavy (non-hydrogen) atoms. The average molecular weight is 362 g/mol. The van der Waals surface area contributed by atoms with Crippen LogP contribution in [0.3, 0.4) is 0 Å². The Morgan fingerprint density at radius 1 is 1.15 bits per heavy atom. The van der Waals surface area contributed by atoms with E-state index in [1.165, 1.54) is 19.2 Å². The molecule has 0 aliphatic carbocycles. The van der Waals surface area contributed by atoms with Crippen molar-refractivity contribution in [3.05, 3.63) is 29.6 Å². The van der Waals surface area contributed by atoms with Crippen LogP contribution < -0.4 is 4.74 Å². The lowest BCUT2D eigenvalue weighted by atomic mass is 9.92. The third-order valence-electron chi connectivity index (χ3n) is 5.43. The fourth-order valence-electron chi connectivity index (χ4n) is 3.92. The third-order valence-corrected chi connectivity index (χ3v) is 5.43. The number of hydrogen-bond acceptors (Lipinski definition) is 3. The standard InChI is InChI=1S/C20H27FN2O3/c1-26-18-8-7-16(13-17(18)21)20(25)23-12-4-5-15(14-23)6-9-19(24)22-10-2-3-11-22/h7-8,13,15H,2-6,9-12,14H2,1H3. The van der Waals surface area contributed by atoms with Crippen LogP contribution in [0, 0.1) is 11.7 Å². The van der Waals surface area contributed by atoms with Gasteiger partial charge in [-0.25, -0.2) is 4.39 Å². The quantitative estimate of drug-likeness (QED) is 0.809. The monoisotopic (exact) mass is 362 g/mol. The molecule has 2 amide bonds. The number of amides is 2. The smallest absolute Gasteiger partial charge is 0.253 e. The summed E-state index contributed by atoms with van der Waals surface area (Å²) >= 11 is 0. The normalized spacial score (nSPS) is 20.3. The fraction of sp³-hybridized carbons (Fsp3) is 0.600. The summed E-state index contributed by atoms with van der Waals surface area (Å²) < 4.78 is 18.8. The van der Waals surface area contributed by atoms with Gasteiger partial charge in [0.25, 0.3) is 5.91 Å². The zero-order valence-electron chi connectivity index (χ0n) is 15.4. The Bertz CT molecular complexity index is 658. The first kappa shape index (κ1) is 18.7. The summed E-state index contributed by atoms with van der Waals surface area (Å²) in [7, 11) is 1.40. The molecule has 1 aromatic rings. The molecule has 3 rings (SSSR count). The van der Waals surface area contributed by atoms with Gasteiger partial charge in [-0.15, -0.1) is 0 Å². The number of benzene rings is 1. The maximum absolute atomic E-state index is 13.9. The summed E-state index contributed by atoms with van der Waals surface area (Å²) in [6.07, 6.45) is 5.55. The highest BCUT2D eigenvalue weighted by molar-refractivity contribution is 5.94. The van der Waals surface area contributed by atoms with E-state index >= 15 is 0 Å². The van der Waals surface area contributed by atoms with Crippen molar-refractivity contribution in [2.45, 2.75) is 38.5 Å². The number of ether oxygens (including phenoxy) is 1. The molecule has 2 fully saturated rings.